The van der Waals surface area contributed by atoms with Crippen LogP contribution in [0.1, 0.15) is 29.6 Å². The molecule has 2 saturated carbocycles. The van der Waals surface area contributed by atoms with Crippen LogP contribution in [-0.4, -0.2) is 40.2 Å². The van der Waals surface area contributed by atoms with E-state index in [9.17, 15) is 19.2 Å². The minimum absolute atomic E-state index is 0.0372. The molecule has 0 unspecified atom stereocenters. The maximum absolute atomic E-state index is 12.6. The lowest BCUT2D eigenvalue weighted by molar-refractivity contribution is -0.143. The summed E-state index contributed by atoms with van der Waals surface area (Å²) >= 11 is 0. The van der Waals surface area contributed by atoms with Crippen molar-refractivity contribution in [2.75, 3.05) is 11.9 Å². The van der Waals surface area contributed by atoms with Crippen molar-refractivity contribution >= 4 is 29.4 Å². The van der Waals surface area contributed by atoms with Gasteiger partial charge in [0.2, 0.25) is 17.7 Å². The summed E-state index contributed by atoms with van der Waals surface area (Å²) in [6.07, 6.45) is 2.91. The van der Waals surface area contributed by atoms with Gasteiger partial charge in [0.25, 0.3) is 0 Å². The second-order valence-corrected chi connectivity index (χ2v) is 7.05. The molecule has 1 saturated heterocycles. The van der Waals surface area contributed by atoms with Gasteiger partial charge in [-0.3, -0.25) is 19.3 Å². The number of carbonyl (C=O) groups excluding carboxylic acids is 3. The molecular formula is C18H18N2O5. The molecule has 3 aliphatic rings. The number of carbonyl (C=O) groups is 4. The van der Waals surface area contributed by atoms with Crippen molar-refractivity contribution in [1.82, 2.24) is 4.90 Å². The number of hydrogen-bond donors (Lipinski definition) is 2. The molecule has 2 bridgehead atoms. The zero-order valence-electron chi connectivity index (χ0n) is 13.5. The lowest BCUT2D eigenvalue weighted by Crippen LogP contribution is -2.39. The second kappa shape index (κ2) is 5.68. The van der Waals surface area contributed by atoms with E-state index in [2.05, 4.69) is 5.32 Å². The Kier molecular flexibility index (Phi) is 3.59. The first-order valence-corrected chi connectivity index (χ1v) is 8.44. The van der Waals surface area contributed by atoms with Gasteiger partial charge in [-0.25, -0.2) is 4.79 Å². The van der Waals surface area contributed by atoms with E-state index in [0.29, 0.717) is 0 Å². The number of carboxylic acids is 1. The molecule has 130 valence electrons. The van der Waals surface area contributed by atoms with Gasteiger partial charge in [-0.15, -0.1) is 0 Å². The number of anilines is 1. The number of hydrogen-bond acceptors (Lipinski definition) is 4. The lowest BCUT2D eigenvalue weighted by atomic mass is 9.81. The van der Waals surface area contributed by atoms with Crippen molar-refractivity contribution in [2.45, 2.75) is 19.3 Å². The number of carboxylic acid groups (broad SMARTS) is 1. The van der Waals surface area contributed by atoms with Gasteiger partial charge in [0, 0.05) is 0 Å². The van der Waals surface area contributed by atoms with Crippen molar-refractivity contribution in [3.05, 3.63) is 29.8 Å². The first-order chi connectivity index (χ1) is 12.0. The standard InChI is InChI=1S/C18H18N2O5/c21-13(19-12-4-2-1-3-11(12)18(24)25)8-20-16(22)14-9-5-6-10(7-9)15(14)17(20)23/h1-4,9-10,14-15H,5-8H2,(H,19,21)(H,24,25)/t9-,10-,14-,15+/m0/s1. The van der Waals surface area contributed by atoms with E-state index in [1.54, 1.807) is 12.1 Å². The molecule has 25 heavy (non-hydrogen) atoms. The van der Waals surface area contributed by atoms with Crippen LogP contribution in [0, 0.1) is 23.7 Å². The third-order valence-corrected chi connectivity index (χ3v) is 5.75. The van der Waals surface area contributed by atoms with E-state index in [1.807, 2.05) is 0 Å². The predicted octanol–water partition coefficient (Wildman–Crippen LogP) is 1.35. The third kappa shape index (κ3) is 2.42. The maximum atomic E-state index is 12.6. The van der Waals surface area contributed by atoms with Crippen molar-refractivity contribution in [3.8, 4) is 0 Å². The summed E-state index contributed by atoms with van der Waals surface area (Å²) in [5.74, 6) is -2.19. The van der Waals surface area contributed by atoms with Crippen LogP contribution in [0.4, 0.5) is 5.69 Å². The number of aromatic carboxylic acids is 1. The van der Waals surface area contributed by atoms with E-state index < -0.39 is 11.9 Å². The Morgan fingerprint density at radius 2 is 1.68 bits per heavy atom. The molecule has 4 atom stereocenters. The second-order valence-electron chi connectivity index (χ2n) is 7.05. The predicted molar refractivity (Wildman–Crippen MR) is 86.6 cm³/mol. The fraction of sp³-hybridized carbons (Fsp3) is 0.444. The first kappa shape index (κ1) is 15.8. The number of likely N-dealkylation sites (tertiary alicyclic amines) is 1. The molecule has 1 aromatic rings. The van der Waals surface area contributed by atoms with Crippen LogP contribution in [-0.2, 0) is 14.4 Å². The highest BCUT2D eigenvalue weighted by Gasteiger charge is 2.60. The van der Waals surface area contributed by atoms with Crippen molar-refractivity contribution in [3.63, 3.8) is 0 Å². The fourth-order valence-electron chi connectivity index (χ4n) is 4.74. The summed E-state index contributed by atoms with van der Waals surface area (Å²) in [6, 6.07) is 6.02. The first-order valence-electron chi connectivity index (χ1n) is 8.44. The highest BCUT2D eigenvalue weighted by Crippen LogP contribution is 2.56. The normalized spacial score (nSPS) is 29.8. The van der Waals surface area contributed by atoms with Crippen LogP contribution in [0.15, 0.2) is 24.3 Å². The molecule has 1 aromatic carbocycles. The molecule has 7 heteroatoms. The lowest BCUT2D eigenvalue weighted by Gasteiger charge is -2.19. The molecule has 1 aliphatic heterocycles. The van der Waals surface area contributed by atoms with Gasteiger partial charge in [-0.1, -0.05) is 12.1 Å². The van der Waals surface area contributed by atoms with Crippen molar-refractivity contribution in [1.29, 1.82) is 0 Å². The quantitative estimate of drug-likeness (QED) is 0.804. The summed E-state index contributed by atoms with van der Waals surface area (Å²) in [6.45, 7) is -0.363. The van der Waals surface area contributed by atoms with Crippen molar-refractivity contribution in [2.24, 2.45) is 23.7 Å². The third-order valence-electron chi connectivity index (χ3n) is 5.75. The Morgan fingerprint density at radius 3 is 2.28 bits per heavy atom. The molecule has 7 nitrogen and oxygen atoms in total. The van der Waals surface area contributed by atoms with Gasteiger partial charge < -0.3 is 10.4 Å². The topological polar surface area (TPSA) is 104 Å². The monoisotopic (exact) mass is 342 g/mol. The Hall–Kier alpha value is -2.70. The molecule has 2 N–H and O–H groups in total. The van der Waals surface area contributed by atoms with Gasteiger partial charge in [0.1, 0.15) is 6.54 Å². The average molecular weight is 342 g/mol. The average Bonchev–Trinajstić information content (AvgIpc) is 3.25. The van der Waals surface area contributed by atoms with Crippen LogP contribution in [0.5, 0.6) is 0 Å². The van der Waals surface area contributed by atoms with Crippen LogP contribution in [0.25, 0.3) is 0 Å². The van der Waals surface area contributed by atoms with Gasteiger partial charge in [0.15, 0.2) is 0 Å². The van der Waals surface area contributed by atoms with Gasteiger partial charge in [-0.05, 0) is 43.2 Å². The summed E-state index contributed by atoms with van der Waals surface area (Å²) in [5, 5.41) is 11.6. The molecule has 4 rings (SSSR count). The molecule has 2 aliphatic carbocycles. The van der Waals surface area contributed by atoms with Crippen LogP contribution < -0.4 is 5.32 Å². The summed E-state index contributed by atoms with van der Waals surface area (Å²) in [4.78, 5) is 49.7. The summed E-state index contributed by atoms with van der Waals surface area (Å²) < 4.78 is 0. The molecule has 0 spiro atoms. The Morgan fingerprint density at radius 1 is 1.08 bits per heavy atom. The van der Waals surface area contributed by atoms with E-state index in [-0.39, 0.29) is 53.3 Å². The number of amides is 3. The fourth-order valence-corrected chi connectivity index (χ4v) is 4.74. The molecule has 0 aromatic heterocycles. The molecule has 3 fully saturated rings. The Labute approximate surface area is 144 Å². The number of fused-ring (bicyclic) bond motifs is 5. The Bertz CT molecular complexity index is 761. The van der Waals surface area contributed by atoms with Crippen LogP contribution >= 0.6 is 0 Å². The van der Waals surface area contributed by atoms with Gasteiger partial charge >= 0.3 is 5.97 Å². The summed E-state index contributed by atoms with van der Waals surface area (Å²) in [5.41, 5.74) is 0.115. The van der Waals surface area contributed by atoms with Gasteiger partial charge in [-0.2, -0.15) is 0 Å². The van der Waals surface area contributed by atoms with Crippen LogP contribution in [0.3, 0.4) is 0 Å². The Balaban J connectivity index is 1.48. The number of rotatable bonds is 4. The minimum atomic E-state index is -1.16. The van der Waals surface area contributed by atoms with E-state index in [1.165, 1.54) is 12.1 Å². The summed E-state index contributed by atoms with van der Waals surface area (Å²) in [7, 11) is 0. The maximum Gasteiger partial charge on any atom is 0.337 e. The minimum Gasteiger partial charge on any atom is -0.478 e. The number of benzene rings is 1. The highest BCUT2D eigenvalue weighted by molar-refractivity contribution is 6.10. The number of para-hydroxylation sites is 1. The van der Waals surface area contributed by atoms with E-state index in [4.69, 9.17) is 5.11 Å². The highest BCUT2D eigenvalue weighted by atomic mass is 16.4. The molecule has 3 amide bonds. The number of nitrogens with zero attached hydrogens (tertiary/aromatic N) is 1. The zero-order valence-corrected chi connectivity index (χ0v) is 13.5. The van der Waals surface area contributed by atoms with Gasteiger partial charge in [0.05, 0.1) is 23.1 Å². The number of imide groups is 1. The van der Waals surface area contributed by atoms with E-state index >= 15 is 0 Å². The largest absolute Gasteiger partial charge is 0.478 e. The molecular weight excluding hydrogens is 324 g/mol. The number of nitrogens with one attached hydrogen (secondary N) is 1. The zero-order chi connectivity index (χ0) is 17.7. The van der Waals surface area contributed by atoms with Crippen LogP contribution in [0.2, 0.25) is 0 Å². The van der Waals surface area contributed by atoms with Crippen molar-refractivity contribution < 1.29 is 24.3 Å². The SMILES string of the molecule is O=C(CN1C(=O)[C@@H]2[C@H]3CC[C@@H](C3)[C@@H]2C1=O)Nc1ccccc1C(=O)O. The molecule has 0 radical (unpaired) electrons. The van der Waals surface area contributed by atoms with E-state index in [0.717, 1.165) is 24.2 Å². The molecule has 1 heterocycles. The smallest absolute Gasteiger partial charge is 0.337 e.